The molecule has 0 bridgehead atoms. The summed E-state index contributed by atoms with van der Waals surface area (Å²) in [6.07, 6.45) is -0.345. The van der Waals surface area contributed by atoms with E-state index in [1.165, 1.54) is 11.8 Å². The van der Waals surface area contributed by atoms with Gasteiger partial charge in [-0.05, 0) is 36.6 Å². The summed E-state index contributed by atoms with van der Waals surface area (Å²) in [6, 6.07) is 15.1. The highest BCUT2D eigenvalue weighted by molar-refractivity contribution is 7.99. The number of hydrogen-bond donors (Lipinski definition) is 0. The van der Waals surface area contributed by atoms with Crippen LogP contribution in [-0.2, 0) is 9.53 Å². The highest BCUT2D eigenvalue weighted by atomic mass is 32.2. The number of rotatable bonds is 6. The minimum atomic E-state index is -0.345. The number of nitrogens with zero attached hydrogens (tertiary/aromatic N) is 4. The minimum Gasteiger partial charge on any atom is -0.450 e. The number of carbonyl (C=O) groups is 2. The molecular weight excluding hydrogens is 464 g/mol. The molecule has 0 unspecified atom stereocenters. The zero-order valence-corrected chi connectivity index (χ0v) is 21.1. The summed E-state index contributed by atoms with van der Waals surface area (Å²) in [7, 11) is 0. The molecule has 9 heteroatoms. The molecule has 1 aliphatic heterocycles. The van der Waals surface area contributed by atoms with Crippen LogP contribution in [0, 0.1) is 0 Å². The first-order valence-electron chi connectivity index (χ1n) is 11.8. The normalized spacial score (nSPS) is 13.9. The first-order valence-corrected chi connectivity index (χ1v) is 12.8. The van der Waals surface area contributed by atoms with Crippen LogP contribution in [0.25, 0.3) is 16.6 Å². The van der Waals surface area contributed by atoms with Gasteiger partial charge in [0.25, 0.3) is 5.56 Å². The Morgan fingerprint density at radius 2 is 1.66 bits per heavy atom. The van der Waals surface area contributed by atoms with E-state index in [9.17, 15) is 14.4 Å². The number of ether oxygens (including phenoxy) is 1. The maximum atomic E-state index is 13.6. The maximum absolute atomic E-state index is 13.6. The quantitative estimate of drug-likeness (QED) is 0.382. The molecule has 0 spiro atoms. The summed E-state index contributed by atoms with van der Waals surface area (Å²) >= 11 is 1.26. The Hall–Kier alpha value is -3.33. The minimum absolute atomic E-state index is 0.0513. The van der Waals surface area contributed by atoms with Crippen molar-refractivity contribution in [1.29, 1.82) is 0 Å². The predicted molar refractivity (Wildman–Crippen MR) is 137 cm³/mol. The molecule has 1 saturated heterocycles. The number of fused-ring (bicyclic) bond motifs is 1. The Morgan fingerprint density at radius 1 is 1.00 bits per heavy atom. The highest BCUT2D eigenvalue weighted by Crippen LogP contribution is 2.27. The number of carbonyl (C=O) groups excluding carboxylic acids is 2. The maximum Gasteiger partial charge on any atom is 0.409 e. The van der Waals surface area contributed by atoms with Gasteiger partial charge in [0, 0.05) is 26.2 Å². The molecule has 2 heterocycles. The zero-order chi connectivity index (χ0) is 24.9. The number of para-hydroxylation sites is 2. The topological polar surface area (TPSA) is 84.7 Å². The molecule has 3 aromatic rings. The van der Waals surface area contributed by atoms with Gasteiger partial charge in [0.15, 0.2) is 5.16 Å². The van der Waals surface area contributed by atoms with Crippen LogP contribution in [0.4, 0.5) is 4.79 Å². The molecule has 2 aromatic carbocycles. The summed E-state index contributed by atoms with van der Waals surface area (Å²) in [4.78, 5) is 46.6. The number of benzene rings is 2. The third-order valence-electron chi connectivity index (χ3n) is 6.03. The fourth-order valence-corrected chi connectivity index (χ4v) is 5.08. The van der Waals surface area contributed by atoms with Gasteiger partial charge in [0.2, 0.25) is 5.91 Å². The standard InChI is InChI=1S/C26H30N4O4S/c1-4-34-26(33)29-15-13-28(14-16-29)23(31)17-35-25-27-21-11-7-5-10-20(21)24(32)30(25)22-12-8-6-9-19(22)18(2)3/h5-12,18H,4,13-17H2,1-3H3. The molecule has 1 fully saturated rings. The van der Waals surface area contributed by atoms with Gasteiger partial charge in [-0.2, -0.15) is 0 Å². The van der Waals surface area contributed by atoms with Crippen molar-refractivity contribution in [3.8, 4) is 5.69 Å². The number of thioether (sulfide) groups is 1. The lowest BCUT2D eigenvalue weighted by atomic mass is 10.0. The van der Waals surface area contributed by atoms with Crippen LogP contribution in [0.15, 0.2) is 58.5 Å². The van der Waals surface area contributed by atoms with Crippen molar-refractivity contribution < 1.29 is 14.3 Å². The summed E-state index contributed by atoms with van der Waals surface area (Å²) < 4.78 is 6.68. The average molecular weight is 495 g/mol. The van der Waals surface area contributed by atoms with E-state index in [2.05, 4.69) is 13.8 Å². The molecule has 8 nitrogen and oxygen atoms in total. The summed E-state index contributed by atoms with van der Waals surface area (Å²) in [5.74, 6) is 0.304. The third kappa shape index (κ3) is 5.35. The van der Waals surface area contributed by atoms with Crippen molar-refractivity contribution in [2.24, 2.45) is 0 Å². The van der Waals surface area contributed by atoms with Crippen molar-refractivity contribution >= 4 is 34.7 Å². The Balaban J connectivity index is 1.59. The molecule has 0 atom stereocenters. The van der Waals surface area contributed by atoms with E-state index in [0.29, 0.717) is 48.8 Å². The predicted octanol–water partition coefficient (Wildman–Crippen LogP) is 3.90. The van der Waals surface area contributed by atoms with Gasteiger partial charge in [-0.3, -0.25) is 14.2 Å². The molecule has 184 valence electrons. The molecule has 2 amide bonds. The highest BCUT2D eigenvalue weighted by Gasteiger charge is 2.25. The van der Waals surface area contributed by atoms with Gasteiger partial charge in [0.05, 0.1) is 29.0 Å². The fourth-order valence-electron chi connectivity index (χ4n) is 4.17. The van der Waals surface area contributed by atoms with Gasteiger partial charge in [0.1, 0.15) is 0 Å². The zero-order valence-electron chi connectivity index (χ0n) is 20.3. The Labute approximate surface area is 208 Å². The molecule has 1 aromatic heterocycles. The molecule has 35 heavy (non-hydrogen) atoms. The summed E-state index contributed by atoms with van der Waals surface area (Å²) in [6.45, 7) is 8.06. The molecule has 1 aliphatic rings. The number of hydrogen-bond acceptors (Lipinski definition) is 6. The second-order valence-electron chi connectivity index (χ2n) is 8.62. The SMILES string of the molecule is CCOC(=O)N1CCN(C(=O)CSc2nc3ccccc3c(=O)n2-c2ccccc2C(C)C)CC1. The number of piperazine rings is 1. The summed E-state index contributed by atoms with van der Waals surface area (Å²) in [5.41, 5.74) is 2.27. The van der Waals surface area contributed by atoms with Crippen LogP contribution in [0.1, 0.15) is 32.3 Å². The van der Waals surface area contributed by atoms with Gasteiger partial charge < -0.3 is 14.5 Å². The molecule has 0 saturated carbocycles. The lowest BCUT2D eigenvalue weighted by Gasteiger charge is -2.34. The van der Waals surface area contributed by atoms with Crippen LogP contribution in [-0.4, -0.2) is 69.9 Å². The Morgan fingerprint density at radius 3 is 2.37 bits per heavy atom. The van der Waals surface area contributed by atoms with E-state index in [4.69, 9.17) is 9.72 Å². The number of amides is 2. The van der Waals surface area contributed by atoms with E-state index < -0.39 is 0 Å². The van der Waals surface area contributed by atoms with Crippen molar-refractivity contribution in [2.45, 2.75) is 31.8 Å². The third-order valence-corrected chi connectivity index (χ3v) is 6.95. The van der Waals surface area contributed by atoms with E-state index in [1.807, 2.05) is 42.5 Å². The second-order valence-corrected chi connectivity index (χ2v) is 9.56. The van der Waals surface area contributed by atoms with Gasteiger partial charge in [-0.15, -0.1) is 0 Å². The molecule has 0 aliphatic carbocycles. The smallest absolute Gasteiger partial charge is 0.409 e. The van der Waals surface area contributed by atoms with E-state index in [-0.39, 0.29) is 29.2 Å². The Bertz CT molecular complexity index is 1280. The van der Waals surface area contributed by atoms with E-state index >= 15 is 0 Å². The Kier molecular flexibility index (Phi) is 7.75. The fraction of sp³-hybridized carbons (Fsp3) is 0.385. The first-order chi connectivity index (χ1) is 16.9. The largest absolute Gasteiger partial charge is 0.450 e. The summed E-state index contributed by atoms with van der Waals surface area (Å²) in [5, 5.41) is 1.03. The molecular formula is C26H30N4O4S. The van der Waals surface area contributed by atoms with E-state index in [0.717, 1.165) is 11.3 Å². The second kappa shape index (κ2) is 10.9. The van der Waals surface area contributed by atoms with Gasteiger partial charge in [-0.1, -0.05) is 55.9 Å². The van der Waals surface area contributed by atoms with Crippen LogP contribution >= 0.6 is 11.8 Å². The van der Waals surface area contributed by atoms with Crippen LogP contribution in [0.5, 0.6) is 0 Å². The van der Waals surface area contributed by atoms with Gasteiger partial charge in [-0.25, -0.2) is 9.78 Å². The van der Waals surface area contributed by atoms with Crippen molar-refractivity contribution in [1.82, 2.24) is 19.4 Å². The molecule has 0 N–H and O–H groups in total. The van der Waals surface area contributed by atoms with Crippen molar-refractivity contribution in [3.05, 3.63) is 64.4 Å². The van der Waals surface area contributed by atoms with Crippen LogP contribution in [0.3, 0.4) is 0 Å². The molecule has 4 rings (SSSR count). The van der Waals surface area contributed by atoms with Crippen LogP contribution < -0.4 is 5.56 Å². The van der Waals surface area contributed by atoms with Gasteiger partial charge >= 0.3 is 6.09 Å². The molecule has 0 radical (unpaired) electrons. The monoisotopic (exact) mass is 494 g/mol. The lowest BCUT2D eigenvalue weighted by Crippen LogP contribution is -2.51. The first kappa shape index (κ1) is 24.8. The van der Waals surface area contributed by atoms with Crippen molar-refractivity contribution in [2.75, 3.05) is 38.5 Å². The van der Waals surface area contributed by atoms with Crippen molar-refractivity contribution in [3.63, 3.8) is 0 Å². The lowest BCUT2D eigenvalue weighted by molar-refractivity contribution is -0.129. The van der Waals surface area contributed by atoms with Crippen LogP contribution in [0.2, 0.25) is 0 Å². The van der Waals surface area contributed by atoms with E-state index in [1.54, 1.807) is 27.4 Å². The average Bonchev–Trinajstić information content (AvgIpc) is 2.87. The number of aromatic nitrogens is 2.